The molecule has 0 saturated carbocycles. The van der Waals surface area contributed by atoms with Gasteiger partial charge in [-0.25, -0.2) is 9.18 Å². The number of halogens is 1. The molecule has 0 aliphatic carbocycles. The van der Waals surface area contributed by atoms with E-state index in [0.29, 0.717) is 18.7 Å². The van der Waals surface area contributed by atoms with Crippen molar-refractivity contribution in [2.75, 3.05) is 19.4 Å². The monoisotopic (exact) mass is 327 g/mol. The first kappa shape index (κ1) is 16.8. The molecule has 5 nitrogen and oxygen atoms in total. The van der Waals surface area contributed by atoms with Crippen molar-refractivity contribution in [2.45, 2.75) is 29.9 Å². The van der Waals surface area contributed by atoms with Gasteiger partial charge in [0.15, 0.2) is 0 Å². The normalized spacial score (nSPS) is 21.1. The third-order valence-corrected chi connectivity index (χ3v) is 4.61. The highest BCUT2D eigenvalue weighted by Gasteiger charge is 2.39. The first-order valence-electron chi connectivity index (χ1n) is 6.94. The summed E-state index contributed by atoms with van der Waals surface area (Å²) in [7, 11) is 1.52. The van der Waals surface area contributed by atoms with Crippen LogP contribution in [0.2, 0.25) is 0 Å². The molecule has 1 fully saturated rings. The van der Waals surface area contributed by atoms with E-state index in [1.54, 1.807) is 12.1 Å². The summed E-state index contributed by atoms with van der Waals surface area (Å²) in [6, 6.07) is 5.24. The van der Waals surface area contributed by atoms with Gasteiger partial charge in [0.05, 0.1) is 6.10 Å². The molecule has 0 aromatic heterocycles. The number of nitrogens with zero attached hydrogens (tertiary/aromatic N) is 1. The number of thioether (sulfide) groups is 1. The molecule has 2 rings (SSSR count). The number of carbonyl (C=O) groups is 2. The van der Waals surface area contributed by atoms with Crippen molar-refractivity contribution in [2.24, 2.45) is 0 Å². The van der Waals surface area contributed by atoms with Gasteiger partial charge in [0.1, 0.15) is 11.9 Å². The topological polar surface area (TPSA) is 66.8 Å². The molecule has 1 amide bonds. The number of methoxy groups -OCH3 is 1. The third-order valence-electron chi connectivity index (χ3n) is 3.60. The molecule has 1 heterocycles. The van der Waals surface area contributed by atoms with Crippen molar-refractivity contribution in [3.63, 3.8) is 0 Å². The molecule has 1 aromatic carbocycles. The second-order valence-electron chi connectivity index (χ2n) is 5.05. The van der Waals surface area contributed by atoms with E-state index >= 15 is 0 Å². The van der Waals surface area contributed by atoms with Gasteiger partial charge in [-0.05, 0) is 24.3 Å². The van der Waals surface area contributed by atoms with Crippen molar-refractivity contribution in [3.8, 4) is 0 Å². The lowest BCUT2D eigenvalue weighted by molar-refractivity contribution is -0.148. The largest absolute Gasteiger partial charge is 0.480 e. The fraction of sp³-hybridized carbons (Fsp3) is 0.467. The maximum atomic E-state index is 12.8. The van der Waals surface area contributed by atoms with E-state index < -0.39 is 12.0 Å². The number of likely N-dealkylation sites (tertiary alicyclic amines) is 1. The van der Waals surface area contributed by atoms with Crippen molar-refractivity contribution in [3.05, 3.63) is 30.1 Å². The van der Waals surface area contributed by atoms with Crippen LogP contribution < -0.4 is 0 Å². The Hall–Kier alpha value is -1.60. The van der Waals surface area contributed by atoms with Crippen LogP contribution in [-0.4, -0.2) is 53.4 Å². The van der Waals surface area contributed by atoms with Gasteiger partial charge in [-0.1, -0.05) is 0 Å². The number of aliphatic carboxylic acids is 1. The molecule has 1 aliphatic rings. The minimum Gasteiger partial charge on any atom is -0.480 e. The fourth-order valence-corrected chi connectivity index (χ4v) is 3.25. The van der Waals surface area contributed by atoms with Crippen molar-refractivity contribution in [1.82, 2.24) is 4.90 Å². The van der Waals surface area contributed by atoms with E-state index in [1.165, 1.54) is 35.9 Å². The van der Waals surface area contributed by atoms with Gasteiger partial charge in [-0.3, -0.25) is 4.79 Å². The zero-order valence-electron chi connectivity index (χ0n) is 12.2. The highest BCUT2D eigenvalue weighted by Crippen LogP contribution is 2.23. The van der Waals surface area contributed by atoms with E-state index in [4.69, 9.17) is 4.74 Å². The van der Waals surface area contributed by atoms with E-state index in [9.17, 15) is 19.1 Å². The first-order chi connectivity index (χ1) is 10.5. The molecule has 22 heavy (non-hydrogen) atoms. The summed E-state index contributed by atoms with van der Waals surface area (Å²) in [5, 5.41) is 9.19. The maximum Gasteiger partial charge on any atom is 0.326 e. The second-order valence-corrected chi connectivity index (χ2v) is 6.21. The SMILES string of the molecule is COC1CC(C(=O)O)N(C(=O)CCSc2ccc(F)cc2)C1. The first-order valence-corrected chi connectivity index (χ1v) is 7.93. The van der Waals surface area contributed by atoms with E-state index in [-0.39, 0.29) is 24.2 Å². The zero-order valence-corrected chi connectivity index (χ0v) is 13.0. The van der Waals surface area contributed by atoms with Crippen LogP contribution in [0.5, 0.6) is 0 Å². The molecule has 0 radical (unpaired) electrons. The molecule has 120 valence electrons. The van der Waals surface area contributed by atoms with Crippen molar-refractivity contribution < 1.29 is 23.8 Å². The zero-order chi connectivity index (χ0) is 16.1. The molecule has 1 aromatic rings. The molecule has 2 unspecified atom stereocenters. The van der Waals surface area contributed by atoms with Gasteiger partial charge in [-0.2, -0.15) is 0 Å². The standard InChI is InChI=1S/C15H18FNO4S/c1-21-11-8-13(15(19)20)17(9-11)14(18)6-7-22-12-4-2-10(16)3-5-12/h2-5,11,13H,6-9H2,1H3,(H,19,20). The molecular formula is C15H18FNO4S. The number of amides is 1. The Morgan fingerprint density at radius 3 is 2.68 bits per heavy atom. The number of rotatable bonds is 6. The van der Waals surface area contributed by atoms with Crippen LogP contribution in [0.4, 0.5) is 4.39 Å². The molecule has 1 aliphatic heterocycles. The lowest BCUT2D eigenvalue weighted by Gasteiger charge is -2.21. The van der Waals surface area contributed by atoms with E-state index in [2.05, 4.69) is 0 Å². The van der Waals surface area contributed by atoms with Gasteiger partial charge in [-0.15, -0.1) is 11.8 Å². The fourth-order valence-electron chi connectivity index (χ4n) is 2.41. The van der Waals surface area contributed by atoms with Crippen LogP contribution in [-0.2, 0) is 14.3 Å². The summed E-state index contributed by atoms with van der Waals surface area (Å²) in [4.78, 5) is 25.7. The second kappa shape index (κ2) is 7.60. The van der Waals surface area contributed by atoms with Crippen LogP contribution in [0.3, 0.4) is 0 Å². The number of benzene rings is 1. The molecule has 7 heteroatoms. The van der Waals surface area contributed by atoms with Gasteiger partial charge >= 0.3 is 5.97 Å². The van der Waals surface area contributed by atoms with E-state index in [0.717, 1.165) is 4.90 Å². The predicted molar refractivity (Wildman–Crippen MR) is 80.3 cm³/mol. The number of carboxylic acids is 1. The molecule has 2 atom stereocenters. The number of carboxylic acid groups (broad SMARTS) is 1. The third kappa shape index (κ3) is 4.20. The Balaban J connectivity index is 1.85. The Kier molecular flexibility index (Phi) is 5.79. The molecule has 0 bridgehead atoms. The van der Waals surface area contributed by atoms with Crippen LogP contribution >= 0.6 is 11.8 Å². The Bertz CT molecular complexity index is 537. The summed E-state index contributed by atoms with van der Waals surface area (Å²) in [5.74, 6) is -0.974. The average molecular weight is 327 g/mol. The Labute approximate surface area is 132 Å². The smallest absolute Gasteiger partial charge is 0.326 e. The molecule has 1 saturated heterocycles. The van der Waals surface area contributed by atoms with Crippen molar-refractivity contribution in [1.29, 1.82) is 0 Å². The lowest BCUT2D eigenvalue weighted by atomic mass is 10.2. The van der Waals surface area contributed by atoms with Gasteiger partial charge in [0.25, 0.3) is 0 Å². The summed E-state index contributed by atoms with van der Waals surface area (Å²) in [6.07, 6.45) is 0.333. The highest BCUT2D eigenvalue weighted by atomic mass is 32.2. The van der Waals surface area contributed by atoms with E-state index in [1.807, 2.05) is 0 Å². The van der Waals surface area contributed by atoms with Crippen LogP contribution in [0, 0.1) is 5.82 Å². The predicted octanol–water partition coefficient (Wildman–Crippen LogP) is 2.01. The maximum absolute atomic E-state index is 12.8. The lowest BCUT2D eigenvalue weighted by Crippen LogP contribution is -2.40. The van der Waals surface area contributed by atoms with Gasteiger partial charge in [0.2, 0.25) is 5.91 Å². The van der Waals surface area contributed by atoms with Gasteiger partial charge in [0, 0.05) is 37.1 Å². The van der Waals surface area contributed by atoms with Crippen LogP contribution in [0.1, 0.15) is 12.8 Å². The Morgan fingerprint density at radius 1 is 1.41 bits per heavy atom. The Morgan fingerprint density at radius 2 is 2.09 bits per heavy atom. The van der Waals surface area contributed by atoms with Gasteiger partial charge < -0.3 is 14.7 Å². The summed E-state index contributed by atoms with van der Waals surface area (Å²) in [6.45, 7) is 0.313. The highest BCUT2D eigenvalue weighted by molar-refractivity contribution is 7.99. The number of carbonyl (C=O) groups excluding carboxylic acids is 1. The number of hydrogen-bond donors (Lipinski definition) is 1. The van der Waals surface area contributed by atoms with Crippen LogP contribution in [0.15, 0.2) is 29.2 Å². The minimum atomic E-state index is -1.00. The number of hydrogen-bond acceptors (Lipinski definition) is 4. The minimum absolute atomic E-state index is 0.193. The number of ether oxygens (including phenoxy) is 1. The summed E-state index contributed by atoms with van der Waals surface area (Å²) >= 11 is 1.44. The average Bonchev–Trinajstić information content (AvgIpc) is 2.94. The quantitative estimate of drug-likeness (QED) is 0.810. The van der Waals surface area contributed by atoms with Crippen LogP contribution in [0.25, 0.3) is 0 Å². The summed E-state index contributed by atoms with van der Waals surface area (Å²) in [5.41, 5.74) is 0. The molecule has 0 spiro atoms. The summed E-state index contributed by atoms with van der Waals surface area (Å²) < 4.78 is 18.0. The molecule has 1 N–H and O–H groups in total. The molecular weight excluding hydrogens is 309 g/mol. The van der Waals surface area contributed by atoms with Crippen molar-refractivity contribution >= 4 is 23.6 Å².